The lowest BCUT2D eigenvalue weighted by atomic mass is 10.1. The van der Waals surface area contributed by atoms with Crippen molar-refractivity contribution in [3.63, 3.8) is 0 Å². The van der Waals surface area contributed by atoms with Crippen LogP contribution in [-0.4, -0.2) is 63.7 Å². The topological polar surface area (TPSA) is 124 Å². The van der Waals surface area contributed by atoms with E-state index in [1.54, 1.807) is 19.3 Å². The number of rotatable bonds is 7. The molecule has 0 saturated carbocycles. The van der Waals surface area contributed by atoms with Gasteiger partial charge < -0.3 is 10.1 Å². The summed E-state index contributed by atoms with van der Waals surface area (Å²) in [6.45, 7) is -3.17. The average molecular weight is 491 g/mol. The minimum atomic E-state index is -3.89. The first-order valence-electron chi connectivity index (χ1n) is 9.73. The number of nitrogens with one attached hydrogen (secondary N) is 1. The highest BCUT2D eigenvalue weighted by Gasteiger charge is 2.25. The number of halogens is 2. The summed E-state index contributed by atoms with van der Waals surface area (Å²) < 4.78 is 59.7. The minimum absolute atomic E-state index is 0.0340. The Hall–Kier alpha value is -3.91. The van der Waals surface area contributed by atoms with Gasteiger partial charge in [0.25, 0.3) is 5.91 Å². The summed E-state index contributed by atoms with van der Waals surface area (Å²) in [7, 11) is 0.352. The highest BCUT2D eigenvalue weighted by molar-refractivity contribution is 7.89. The van der Waals surface area contributed by atoms with Gasteiger partial charge in [-0.2, -0.15) is 19.0 Å². The second-order valence-corrected chi connectivity index (χ2v) is 9.44. The Morgan fingerprint density at radius 1 is 1.26 bits per heavy atom. The summed E-state index contributed by atoms with van der Waals surface area (Å²) in [6.07, 6.45) is 5.92. The van der Waals surface area contributed by atoms with E-state index in [-0.39, 0.29) is 33.2 Å². The van der Waals surface area contributed by atoms with Gasteiger partial charge >= 0.3 is 6.61 Å². The van der Waals surface area contributed by atoms with Crippen molar-refractivity contribution in [3.8, 4) is 17.0 Å². The summed E-state index contributed by atoms with van der Waals surface area (Å²) in [4.78, 5) is 16.9. The molecule has 0 bridgehead atoms. The first kappa shape index (κ1) is 23.3. The molecule has 0 fully saturated rings. The van der Waals surface area contributed by atoms with Gasteiger partial charge in [-0.1, -0.05) is 0 Å². The molecule has 0 atom stereocenters. The molecule has 0 aliphatic heterocycles. The summed E-state index contributed by atoms with van der Waals surface area (Å²) in [5.74, 6) is -0.879. The highest BCUT2D eigenvalue weighted by Crippen LogP contribution is 2.37. The summed E-state index contributed by atoms with van der Waals surface area (Å²) in [6, 6.07) is 5.10. The van der Waals surface area contributed by atoms with Crippen molar-refractivity contribution in [1.82, 2.24) is 28.7 Å². The second kappa shape index (κ2) is 8.79. The molecular formula is C20H19F2N7O4S. The van der Waals surface area contributed by atoms with Gasteiger partial charge in [0, 0.05) is 45.3 Å². The standard InChI is InChI=1S/C20H19F2N7O4S/c1-27(2)34(31,32)12-5-6-16(33-20(21)22)13(9-12)17-15(11-28(3)26-17)25-19(30)14-10-24-29-8-4-7-23-18(14)29/h4-11,20H,1-3H3,(H,25,30). The SMILES string of the molecule is CN(C)S(=O)(=O)c1ccc(OC(F)F)c(-c2nn(C)cc2NC(=O)c2cnn3cccnc23)c1. The predicted molar refractivity (Wildman–Crippen MR) is 117 cm³/mol. The van der Waals surface area contributed by atoms with Gasteiger partial charge in [-0.25, -0.2) is 22.2 Å². The predicted octanol–water partition coefficient (Wildman–Crippen LogP) is 2.23. The van der Waals surface area contributed by atoms with E-state index in [1.807, 2.05) is 0 Å². The fraction of sp³-hybridized carbons (Fsp3) is 0.200. The van der Waals surface area contributed by atoms with E-state index < -0.39 is 22.5 Å². The molecule has 178 valence electrons. The van der Waals surface area contributed by atoms with E-state index in [9.17, 15) is 22.0 Å². The highest BCUT2D eigenvalue weighted by atomic mass is 32.2. The molecule has 0 spiro atoms. The van der Waals surface area contributed by atoms with Crippen LogP contribution in [-0.2, 0) is 17.1 Å². The Bertz CT molecular complexity index is 1480. The van der Waals surface area contributed by atoms with Crippen LogP contribution < -0.4 is 10.1 Å². The Morgan fingerprint density at radius 3 is 2.74 bits per heavy atom. The van der Waals surface area contributed by atoms with Crippen LogP contribution in [0.15, 0.2) is 53.9 Å². The fourth-order valence-electron chi connectivity index (χ4n) is 3.22. The van der Waals surface area contributed by atoms with Gasteiger partial charge in [-0.05, 0) is 24.3 Å². The Labute approximate surface area is 192 Å². The van der Waals surface area contributed by atoms with Crippen molar-refractivity contribution in [2.24, 2.45) is 7.05 Å². The van der Waals surface area contributed by atoms with Crippen molar-refractivity contribution < 1.29 is 26.7 Å². The quantitative estimate of drug-likeness (QED) is 0.420. The molecule has 1 aromatic carbocycles. The molecular weight excluding hydrogens is 472 g/mol. The van der Waals surface area contributed by atoms with Crippen molar-refractivity contribution in [2.45, 2.75) is 11.5 Å². The zero-order valence-corrected chi connectivity index (χ0v) is 19.0. The van der Waals surface area contributed by atoms with Crippen LogP contribution in [0.4, 0.5) is 14.5 Å². The van der Waals surface area contributed by atoms with Crippen LogP contribution in [0.25, 0.3) is 16.9 Å². The number of ether oxygens (including phenoxy) is 1. The van der Waals surface area contributed by atoms with E-state index in [4.69, 9.17) is 0 Å². The molecule has 34 heavy (non-hydrogen) atoms. The molecule has 4 aromatic rings. The molecule has 0 radical (unpaired) electrons. The molecule has 1 N–H and O–H groups in total. The monoisotopic (exact) mass is 491 g/mol. The zero-order chi connectivity index (χ0) is 24.6. The van der Waals surface area contributed by atoms with Gasteiger partial charge in [0.2, 0.25) is 10.0 Å². The number of aryl methyl sites for hydroxylation is 1. The molecule has 0 saturated heterocycles. The van der Waals surface area contributed by atoms with Crippen LogP contribution in [0.5, 0.6) is 5.75 Å². The second-order valence-electron chi connectivity index (χ2n) is 7.29. The van der Waals surface area contributed by atoms with Crippen molar-refractivity contribution >= 4 is 27.3 Å². The molecule has 0 aliphatic rings. The molecule has 0 aliphatic carbocycles. The number of amides is 1. The number of aromatic nitrogens is 5. The van der Waals surface area contributed by atoms with Gasteiger partial charge in [-0.15, -0.1) is 0 Å². The van der Waals surface area contributed by atoms with Crippen molar-refractivity contribution in [2.75, 3.05) is 19.4 Å². The van der Waals surface area contributed by atoms with E-state index in [1.165, 1.54) is 47.9 Å². The van der Waals surface area contributed by atoms with Crippen LogP contribution >= 0.6 is 0 Å². The van der Waals surface area contributed by atoms with E-state index in [2.05, 4.69) is 25.2 Å². The molecule has 1 amide bonds. The Morgan fingerprint density at radius 2 is 2.03 bits per heavy atom. The summed E-state index contributed by atoms with van der Waals surface area (Å²) in [5.41, 5.74) is 0.611. The number of nitrogens with zero attached hydrogens (tertiary/aromatic N) is 6. The zero-order valence-electron chi connectivity index (χ0n) is 18.2. The maximum atomic E-state index is 13.1. The first-order chi connectivity index (χ1) is 16.1. The third kappa shape index (κ3) is 4.32. The third-order valence-corrected chi connectivity index (χ3v) is 6.61. The molecule has 3 heterocycles. The lowest BCUT2D eigenvalue weighted by molar-refractivity contribution is -0.0494. The van der Waals surface area contributed by atoms with Crippen molar-refractivity contribution in [1.29, 1.82) is 0 Å². The van der Waals surface area contributed by atoms with Crippen LogP contribution in [0.1, 0.15) is 10.4 Å². The number of alkyl halides is 2. The number of sulfonamides is 1. The smallest absolute Gasteiger partial charge is 0.387 e. The molecule has 14 heteroatoms. The van der Waals surface area contributed by atoms with Crippen LogP contribution in [0.2, 0.25) is 0 Å². The number of anilines is 1. The lowest BCUT2D eigenvalue weighted by Gasteiger charge is -2.15. The van der Waals surface area contributed by atoms with Crippen molar-refractivity contribution in [3.05, 3.63) is 54.6 Å². The molecule has 0 unspecified atom stereocenters. The largest absolute Gasteiger partial charge is 0.434 e. The molecule has 11 nitrogen and oxygen atoms in total. The van der Waals surface area contributed by atoms with E-state index >= 15 is 0 Å². The third-order valence-electron chi connectivity index (χ3n) is 4.80. The number of fused-ring (bicyclic) bond motifs is 1. The van der Waals surface area contributed by atoms with Gasteiger partial charge in [0.1, 0.15) is 17.0 Å². The first-order valence-corrected chi connectivity index (χ1v) is 11.2. The number of carbonyl (C=O) groups excluding carboxylic acids is 1. The minimum Gasteiger partial charge on any atom is -0.434 e. The van der Waals surface area contributed by atoms with Gasteiger partial charge in [0.05, 0.1) is 16.8 Å². The van der Waals surface area contributed by atoms with Crippen LogP contribution in [0.3, 0.4) is 0 Å². The van der Waals surface area contributed by atoms with Gasteiger partial charge in [-0.3, -0.25) is 9.48 Å². The maximum absolute atomic E-state index is 13.1. The number of hydrogen-bond acceptors (Lipinski definition) is 7. The number of carbonyl (C=O) groups is 1. The van der Waals surface area contributed by atoms with Crippen LogP contribution in [0, 0.1) is 0 Å². The van der Waals surface area contributed by atoms with E-state index in [0.29, 0.717) is 5.65 Å². The van der Waals surface area contributed by atoms with E-state index in [0.717, 1.165) is 16.4 Å². The normalized spacial score (nSPS) is 12.0. The summed E-state index contributed by atoms with van der Waals surface area (Å²) >= 11 is 0. The molecule has 3 aromatic heterocycles. The average Bonchev–Trinajstić information content (AvgIpc) is 3.36. The fourth-order valence-corrected chi connectivity index (χ4v) is 4.15. The lowest BCUT2D eigenvalue weighted by Crippen LogP contribution is -2.22. The maximum Gasteiger partial charge on any atom is 0.387 e. The number of hydrogen-bond donors (Lipinski definition) is 1. The summed E-state index contributed by atoms with van der Waals surface area (Å²) in [5, 5.41) is 11.0. The Balaban J connectivity index is 1.80. The Kier molecular flexibility index (Phi) is 6.01. The molecule has 4 rings (SSSR count). The number of benzene rings is 1. The van der Waals surface area contributed by atoms with Gasteiger partial charge in [0.15, 0.2) is 5.65 Å².